The highest BCUT2D eigenvalue weighted by Crippen LogP contribution is 2.34. The van der Waals surface area contributed by atoms with Crippen molar-refractivity contribution >= 4 is 35.0 Å². The van der Waals surface area contributed by atoms with E-state index in [1.807, 2.05) is 18.3 Å². The van der Waals surface area contributed by atoms with Crippen molar-refractivity contribution in [3.05, 3.63) is 52.1 Å². The van der Waals surface area contributed by atoms with Gasteiger partial charge < -0.3 is 5.73 Å². The standard InChI is InChI=1S/C15H16Cl2N2S/c1-2-12(18)7-10-3-6-15(19-9-10)20-14-8-11(16)4-5-13(14)17/h3-6,8-9,12H,2,7,18H2,1H3. The molecule has 0 spiro atoms. The van der Waals surface area contributed by atoms with E-state index in [9.17, 15) is 0 Å². The van der Waals surface area contributed by atoms with E-state index in [-0.39, 0.29) is 6.04 Å². The molecule has 1 unspecified atom stereocenters. The van der Waals surface area contributed by atoms with Gasteiger partial charge in [-0.3, -0.25) is 0 Å². The molecule has 20 heavy (non-hydrogen) atoms. The lowest BCUT2D eigenvalue weighted by atomic mass is 10.1. The van der Waals surface area contributed by atoms with Crippen molar-refractivity contribution in [3.8, 4) is 0 Å². The van der Waals surface area contributed by atoms with Crippen LogP contribution in [0.15, 0.2) is 46.5 Å². The van der Waals surface area contributed by atoms with Gasteiger partial charge in [0.1, 0.15) is 5.03 Å². The quantitative estimate of drug-likeness (QED) is 0.856. The van der Waals surface area contributed by atoms with Gasteiger partial charge >= 0.3 is 0 Å². The molecule has 0 saturated heterocycles. The molecule has 1 atom stereocenters. The minimum atomic E-state index is 0.192. The molecule has 0 aliphatic heterocycles. The molecule has 2 rings (SSSR count). The van der Waals surface area contributed by atoms with Gasteiger partial charge in [-0.2, -0.15) is 0 Å². The van der Waals surface area contributed by atoms with E-state index in [2.05, 4.69) is 18.0 Å². The maximum atomic E-state index is 6.14. The van der Waals surface area contributed by atoms with Crippen LogP contribution in [-0.4, -0.2) is 11.0 Å². The first-order valence-corrected chi connectivity index (χ1v) is 7.99. The Balaban J connectivity index is 2.09. The number of rotatable bonds is 5. The molecule has 2 nitrogen and oxygen atoms in total. The third-order valence-corrected chi connectivity index (χ3v) is 4.61. The van der Waals surface area contributed by atoms with Crippen LogP contribution in [0.25, 0.3) is 0 Å². The van der Waals surface area contributed by atoms with Crippen molar-refractivity contribution in [1.29, 1.82) is 0 Å². The summed E-state index contributed by atoms with van der Waals surface area (Å²) in [4.78, 5) is 5.34. The second-order valence-corrected chi connectivity index (χ2v) is 6.46. The van der Waals surface area contributed by atoms with Crippen LogP contribution in [0.5, 0.6) is 0 Å². The van der Waals surface area contributed by atoms with Crippen molar-refractivity contribution < 1.29 is 0 Å². The molecule has 0 radical (unpaired) electrons. The monoisotopic (exact) mass is 326 g/mol. The van der Waals surface area contributed by atoms with Crippen molar-refractivity contribution in [2.75, 3.05) is 0 Å². The van der Waals surface area contributed by atoms with Gasteiger partial charge in [0.25, 0.3) is 0 Å². The molecule has 0 fully saturated rings. The van der Waals surface area contributed by atoms with Crippen LogP contribution in [-0.2, 0) is 6.42 Å². The Bertz CT molecular complexity index is 573. The summed E-state index contributed by atoms with van der Waals surface area (Å²) in [7, 11) is 0. The zero-order valence-electron chi connectivity index (χ0n) is 11.1. The summed E-state index contributed by atoms with van der Waals surface area (Å²) in [5.41, 5.74) is 7.09. The van der Waals surface area contributed by atoms with E-state index in [0.717, 1.165) is 28.3 Å². The Morgan fingerprint density at radius 1 is 1.25 bits per heavy atom. The van der Waals surface area contributed by atoms with Crippen molar-refractivity contribution in [1.82, 2.24) is 4.98 Å². The average Bonchev–Trinajstić information content (AvgIpc) is 2.45. The summed E-state index contributed by atoms with van der Waals surface area (Å²) in [6, 6.07) is 9.65. The van der Waals surface area contributed by atoms with E-state index in [1.165, 1.54) is 11.8 Å². The minimum absolute atomic E-state index is 0.192. The molecule has 0 saturated carbocycles. The predicted molar refractivity (Wildman–Crippen MR) is 86.8 cm³/mol. The van der Waals surface area contributed by atoms with Crippen LogP contribution in [0.4, 0.5) is 0 Å². The Kier molecular flexibility index (Phi) is 5.73. The number of halogens is 2. The van der Waals surface area contributed by atoms with Crippen LogP contribution in [0, 0.1) is 0 Å². The first-order valence-electron chi connectivity index (χ1n) is 6.42. The van der Waals surface area contributed by atoms with E-state index in [0.29, 0.717) is 10.0 Å². The van der Waals surface area contributed by atoms with E-state index in [1.54, 1.807) is 12.1 Å². The Morgan fingerprint density at radius 3 is 2.70 bits per heavy atom. The SMILES string of the molecule is CCC(N)Cc1ccc(Sc2cc(Cl)ccc2Cl)nc1. The second-order valence-electron chi connectivity index (χ2n) is 4.55. The highest BCUT2D eigenvalue weighted by Gasteiger charge is 2.06. The van der Waals surface area contributed by atoms with Gasteiger partial charge in [-0.25, -0.2) is 4.98 Å². The molecule has 5 heteroatoms. The van der Waals surface area contributed by atoms with E-state index in [4.69, 9.17) is 28.9 Å². The van der Waals surface area contributed by atoms with Crippen LogP contribution in [0.1, 0.15) is 18.9 Å². The smallest absolute Gasteiger partial charge is 0.101 e. The normalized spacial score (nSPS) is 12.4. The highest BCUT2D eigenvalue weighted by atomic mass is 35.5. The molecule has 2 N–H and O–H groups in total. The molecule has 0 aliphatic carbocycles. The summed E-state index contributed by atoms with van der Waals surface area (Å²) in [5.74, 6) is 0. The number of hydrogen-bond acceptors (Lipinski definition) is 3. The molecule has 106 valence electrons. The second kappa shape index (κ2) is 7.32. The predicted octanol–water partition coefficient (Wildman–Crippen LogP) is 4.82. The minimum Gasteiger partial charge on any atom is -0.327 e. The lowest BCUT2D eigenvalue weighted by Crippen LogP contribution is -2.21. The Morgan fingerprint density at radius 2 is 2.05 bits per heavy atom. The van der Waals surface area contributed by atoms with Crippen LogP contribution < -0.4 is 5.73 Å². The lowest BCUT2D eigenvalue weighted by molar-refractivity contribution is 0.644. The van der Waals surface area contributed by atoms with Crippen molar-refractivity contribution in [2.45, 2.75) is 35.7 Å². The molecule has 0 aliphatic rings. The maximum absolute atomic E-state index is 6.14. The molecule has 0 amide bonds. The topological polar surface area (TPSA) is 38.9 Å². The Hall–Kier alpha value is -0.740. The lowest BCUT2D eigenvalue weighted by Gasteiger charge is -2.09. The van der Waals surface area contributed by atoms with E-state index < -0.39 is 0 Å². The summed E-state index contributed by atoms with van der Waals surface area (Å²) in [6.45, 7) is 2.09. The molecule has 0 bridgehead atoms. The van der Waals surface area contributed by atoms with Crippen molar-refractivity contribution in [2.24, 2.45) is 5.73 Å². The van der Waals surface area contributed by atoms with Crippen molar-refractivity contribution in [3.63, 3.8) is 0 Å². The zero-order valence-corrected chi connectivity index (χ0v) is 13.5. The first-order chi connectivity index (χ1) is 9.58. The van der Waals surface area contributed by atoms with Gasteiger partial charge in [0.2, 0.25) is 0 Å². The molecule has 1 aromatic heterocycles. The third kappa shape index (κ3) is 4.38. The van der Waals surface area contributed by atoms with E-state index >= 15 is 0 Å². The van der Waals surface area contributed by atoms with Gasteiger partial charge in [0, 0.05) is 22.2 Å². The number of nitrogens with two attached hydrogens (primary N) is 1. The Labute approximate surface area is 133 Å². The van der Waals surface area contributed by atoms with Crippen LogP contribution in [0.2, 0.25) is 10.0 Å². The first kappa shape index (κ1) is 15.6. The molecular weight excluding hydrogens is 311 g/mol. The number of pyridine rings is 1. The number of hydrogen-bond donors (Lipinski definition) is 1. The molecule has 1 aromatic carbocycles. The third-order valence-electron chi connectivity index (χ3n) is 2.93. The number of benzene rings is 1. The average molecular weight is 327 g/mol. The molecule has 1 heterocycles. The maximum Gasteiger partial charge on any atom is 0.101 e. The van der Waals surface area contributed by atoms with Crippen LogP contribution >= 0.6 is 35.0 Å². The summed E-state index contributed by atoms with van der Waals surface area (Å²) in [6.07, 6.45) is 3.69. The van der Waals surface area contributed by atoms with Gasteiger partial charge in [-0.05, 0) is 42.7 Å². The fourth-order valence-corrected chi connectivity index (χ4v) is 3.00. The summed E-state index contributed by atoms with van der Waals surface area (Å²) in [5, 5.41) is 2.24. The highest BCUT2D eigenvalue weighted by molar-refractivity contribution is 7.99. The van der Waals surface area contributed by atoms with Gasteiger partial charge in [0.15, 0.2) is 0 Å². The molecular formula is C15H16Cl2N2S. The van der Waals surface area contributed by atoms with Gasteiger partial charge in [-0.1, -0.05) is 48.0 Å². The van der Waals surface area contributed by atoms with Gasteiger partial charge in [-0.15, -0.1) is 0 Å². The zero-order chi connectivity index (χ0) is 14.5. The fourth-order valence-electron chi connectivity index (χ4n) is 1.71. The largest absolute Gasteiger partial charge is 0.327 e. The summed E-state index contributed by atoms with van der Waals surface area (Å²) >= 11 is 13.6. The summed E-state index contributed by atoms with van der Waals surface area (Å²) < 4.78 is 0. The fraction of sp³-hybridized carbons (Fsp3) is 0.267. The molecule has 2 aromatic rings. The van der Waals surface area contributed by atoms with Crippen LogP contribution in [0.3, 0.4) is 0 Å². The number of aromatic nitrogens is 1. The van der Waals surface area contributed by atoms with Gasteiger partial charge in [0.05, 0.1) is 5.02 Å². The number of nitrogens with zero attached hydrogens (tertiary/aromatic N) is 1.